The van der Waals surface area contributed by atoms with Gasteiger partial charge in [0.2, 0.25) is 10.0 Å². The molecular weight excluding hydrogens is 454 g/mol. The number of anilines is 3. The number of methoxy groups -OCH3 is 1. The number of nitrogens with zero attached hydrogens (tertiary/aromatic N) is 1. The molecule has 1 aliphatic heterocycles. The molecule has 3 aromatic rings. The number of amides is 1. The van der Waals surface area contributed by atoms with Crippen molar-refractivity contribution in [2.24, 2.45) is 0 Å². The molecule has 174 valence electrons. The fourth-order valence-electron chi connectivity index (χ4n) is 3.64. The van der Waals surface area contributed by atoms with E-state index in [1.807, 2.05) is 30.3 Å². The zero-order valence-electron chi connectivity index (χ0n) is 18.8. The molecule has 0 saturated carbocycles. The molecule has 0 aliphatic carbocycles. The summed E-state index contributed by atoms with van der Waals surface area (Å²) in [5.74, 6) is -0.799. The SMILES string of the molecule is COC(=O)c1ccc2c(c1)NC(=O)C2=C(Nc1ccc(N(C)S(C)(=O)=O)cc1)c1ccccc1. The van der Waals surface area contributed by atoms with Gasteiger partial charge < -0.3 is 15.4 Å². The Morgan fingerprint density at radius 3 is 2.26 bits per heavy atom. The summed E-state index contributed by atoms with van der Waals surface area (Å²) in [6.07, 6.45) is 1.14. The third kappa shape index (κ3) is 4.51. The van der Waals surface area contributed by atoms with E-state index in [1.54, 1.807) is 42.5 Å². The van der Waals surface area contributed by atoms with Crippen LogP contribution in [-0.2, 0) is 19.6 Å². The first-order valence-electron chi connectivity index (χ1n) is 10.3. The summed E-state index contributed by atoms with van der Waals surface area (Å²) in [6.45, 7) is 0. The average Bonchev–Trinajstić information content (AvgIpc) is 3.16. The number of nitrogens with one attached hydrogen (secondary N) is 2. The van der Waals surface area contributed by atoms with Crippen molar-refractivity contribution in [1.29, 1.82) is 0 Å². The maximum Gasteiger partial charge on any atom is 0.337 e. The van der Waals surface area contributed by atoms with Crippen LogP contribution in [0.1, 0.15) is 21.5 Å². The van der Waals surface area contributed by atoms with E-state index >= 15 is 0 Å². The van der Waals surface area contributed by atoms with Crippen molar-refractivity contribution in [2.75, 3.05) is 35.4 Å². The normalized spacial score (nSPS) is 14.1. The number of hydrogen-bond donors (Lipinski definition) is 2. The fraction of sp³-hybridized carbons (Fsp3) is 0.120. The molecule has 1 aliphatic rings. The first-order valence-corrected chi connectivity index (χ1v) is 12.2. The summed E-state index contributed by atoms with van der Waals surface area (Å²) >= 11 is 0. The summed E-state index contributed by atoms with van der Waals surface area (Å²) in [6, 6.07) is 21.2. The Labute approximate surface area is 197 Å². The quantitative estimate of drug-likeness (QED) is 0.413. The van der Waals surface area contributed by atoms with Gasteiger partial charge in [0.15, 0.2) is 0 Å². The van der Waals surface area contributed by atoms with Crippen LogP contribution in [0.25, 0.3) is 11.3 Å². The lowest BCUT2D eigenvalue weighted by molar-refractivity contribution is -0.110. The Morgan fingerprint density at radius 1 is 0.971 bits per heavy atom. The van der Waals surface area contributed by atoms with Crippen LogP contribution in [0, 0.1) is 0 Å². The van der Waals surface area contributed by atoms with Crippen LogP contribution < -0.4 is 14.9 Å². The summed E-state index contributed by atoms with van der Waals surface area (Å²) in [7, 11) is -0.597. The molecule has 0 spiro atoms. The first-order chi connectivity index (χ1) is 16.2. The van der Waals surface area contributed by atoms with Crippen molar-refractivity contribution in [2.45, 2.75) is 0 Å². The molecule has 1 heterocycles. The standard InChI is InChI=1S/C25H23N3O5S/c1-28(34(3,31)32)19-12-10-18(11-13-19)26-23(16-7-5-4-6-8-16)22-20-14-9-17(25(30)33-2)15-21(20)27-24(22)29/h4-15,26H,1-3H3,(H,27,29). The molecule has 1 amide bonds. The second-order valence-electron chi connectivity index (χ2n) is 7.72. The highest BCUT2D eigenvalue weighted by Gasteiger charge is 2.29. The van der Waals surface area contributed by atoms with Gasteiger partial charge in [-0.05, 0) is 42.0 Å². The summed E-state index contributed by atoms with van der Waals surface area (Å²) in [4.78, 5) is 25.0. The van der Waals surface area contributed by atoms with Crippen LogP contribution in [-0.4, -0.2) is 40.7 Å². The van der Waals surface area contributed by atoms with Crippen LogP contribution in [0.5, 0.6) is 0 Å². The molecule has 0 radical (unpaired) electrons. The van der Waals surface area contributed by atoms with E-state index in [4.69, 9.17) is 4.74 Å². The minimum Gasteiger partial charge on any atom is -0.465 e. The van der Waals surface area contributed by atoms with Gasteiger partial charge in [-0.25, -0.2) is 13.2 Å². The Kier molecular flexibility index (Phi) is 6.12. The van der Waals surface area contributed by atoms with E-state index in [-0.39, 0.29) is 5.91 Å². The molecule has 0 fully saturated rings. The van der Waals surface area contributed by atoms with Gasteiger partial charge in [-0.15, -0.1) is 0 Å². The van der Waals surface area contributed by atoms with Gasteiger partial charge in [0.1, 0.15) is 0 Å². The van der Waals surface area contributed by atoms with Gasteiger partial charge in [0.05, 0.1) is 41.6 Å². The van der Waals surface area contributed by atoms with Gasteiger partial charge in [-0.3, -0.25) is 9.10 Å². The first kappa shape index (κ1) is 23.1. The van der Waals surface area contributed by atoms with Gasteiger partial charge in [0.25, 0.3) is 5.91 Å². The Morgan fingerprint density at radius 2 is 1.65 bits per heavy atom. The highest BCUT2D eigenvalue weighted by molar-refractivity contribution is 7.92. The number of rotatable bonds is 6. The molecule has 0 saturated heterocycles. The van der Waals surface area contributed by atoms with Crippen LogP contribution in [0.3, 0.4) is 0 Å². The molecule has 8 nitrogen and oxygen atoms in total. The molecule has 0 bridgehead atoms. The maximum atomic E-state index is 13.0. The van der Waals surface area contributed by atoms with Crippen molar-refractivity contribution in [3.63, 3.8) is 0 Å². The Hall–Kier alpha value is -4.11. The number of fused-ring (bicyclic) bond motifs is 1. The topological polar surface area (TPSA) is 105 Å². The molecule has 0 aromatic heterocycles. The second kappa shape index (κ2) is 9.03. The summed E-state index contributed by atoms with van der Waals surface area (Å²) in [5, 5.41) is 6.15. The Bertz CT molecular complexity index is 1400. The minimum absolute atomic E-state index is 0.309. The van der Waals surface area contributed by atoms with Gasteiger partial charge in [0, 0.05) is 18.3 Å². The summed E-state index contributed by atoms with van der Waals surface area (Å²) in [5.41, 5.74) is 4.48. The van der Waals surface area contributed by atoms with Crippen LogP contribution in [0.4, 0.5) is 17.1 Å². The van der Waals surface area contributed by atoms with Crippen LogP contribution in [0.2, 0.25) is 0 Å². The highest BCUT2D eigenvalue weighted by Crippen LogP contribution is 2.38. The van der Waals surface area contributed by atoms with E-state index in [0.29, 0.717) is 39.5 Å². The van der Waals surface area contributed by atoms with Crippen LogP contribution >= 0.6 is 0 Å². The third-order valence-electron chi connectivity index (χ3n) is 5.50. The van der Waals surface area contributed by atoms with E-state index in [1.165, 1.54) is 18.5 Å². The van der Waals surface area contributed by atoms with Crippen LogP contribution in [0.15, 0.2) is 72.8 Å². The second-order valence-corrected chi connectivity index (χ2v) is 9.74. The fourth-order valence-corrected chi connectivity index (χ4v) is 4.14. The molecule has 9 heteroatoms. The zero-order valence-corrected chi connectivity index (χ0v) is 19.6. The number of benzene rings is 3. The van der Waals surface area contributed by atoms with Gasteiger partial charge in [-0.1, -0.05) is 36.4 Å². The van der Waals surface area contributed by atoms with Gasteiger partial charge in [-0.2, -0.15) is 0 Å². The molecule has 4 rings (SSSR count). The number of carbonyl (C=O) groups excluding carboxylic acids is 2. The number of hydrogen-bond acceptors (Lipinski definition) is 6. The molecule has 3 aromatic carbocycles. The van der Waals surface area contributed by atoms with E-state index in [9.17, 15) is 18.0 Å². The number of esters is 1. The van der Waals surface area contributed by atoms with E-state index < -0.39 is 16.0 Å². The smallest absolute Gasteiger partial charge is 0.337 e. The predicted molar refractivity (Wildman–Crippen MR) is 133 cm³/mol. The largest absolute Gasteiger partial charge is 0.465 e. The zero-order chi connectivity index (χ0) is 24.5. The van der Waals surface area contributed by atoms with E-state index in [0.717, 1.165) is 11.8 Å². The van der Waals surface area contributed by atoms with Crippen molar-refractivity contribution in [3.8, 4) is 0 Å². The number of ether oxygens (including phenoxy) is 1. The molecular formula is C25H23N3O5S. The Balaban J connectivity index is 1.79. The van der Waals surface area contributed by atoms with Crippen molar-refractivity contribution < 1.29 is 22.7 Å². The lowest BCUT2D eigenvalue weighted by atomic mass is 9.99. The maximum absolute atomic E-state index is 13.0. The van der Waals surface area contributed by atoms with E-state index in [2.05, 4.69) is 10.6 Å². The van der Waals surface area contributed by atoms with Crippen molar-refractivity contribution >= 4 is 50.2 Å². The lowest BCUT2D eigenvalue weighted by Gasteiger charge is -2.18. The third-order valence-corrected chi connectivity index (χ3v) is 6.70. The number of carbonyl (C=O) groups is 2. The molecule has 34 heavy (non-hydrogen) atoms. The van der Waals surface area contributed by atoms with Gasteiger partial charge >= 0.3 is 5.97 Å². The van der Waals surface area contributed by atoms with Crippen molar-refractivity contribution in [1.82, 2.24) is 0 Å². The monoisotopic (exact) mass is 477 g/mol. The minimum atomic E-state index is -3.38. The predicted octanol–water partition coefficient (Wildman–Crippen LogP) is 3.80. The number of sulfonamides is 1. The average molecular weight is 478 g/mol. The van der Waals surface area contributed by atoms with Crippen molar-refractivity contribution in [3.05, 3.63) is 89.5 Å². The molecule has 0 atom stereocenters. The highest BCUT2D eigenvalue weighted by atomic mass is 32.2. The lowest BCUT2D eigenvalue weighted by Crippen LogP contribution is -2.24. The molecule has 2 N–H and O–H groups in total. The molecule has 0 unspecified atom stereocenters. The summed E-state index contributed by atoms with van der Waals surface area (Å²) < 4.78 is 29.6.